The molecule has 0 saturated carbocycles. The molecule has 1 aromatic rings. The van der Waals surface area contributed by atoms with Crippen LogP contribution in [0.1, 0.15) is 38.1 Å². The molecular weight excluding hydrogens is 208 g/mol. The van der Waals surface area contributed by atoms with Crippen LogP contribution in [0.25, 0.3) is 0 Å². The maximum absolute atomic E-state index is 9.33. The minimum Gasteiger partial charge on any atom is -0.391 e. The summed E-state index contributed by atoms with van der Waals surface area (Å²) < 4.78 is 5.05. The smallest absolute Gasteiger partial charge is 0.266 e. The summed E-state index contributed by atoms with van der Waals surface area (Å²) >= 11 is 0. The van der Waals surface area contributed by atoms with Gasteiger partial charge in [0.2, 0.25) is 5.89 Å². The van der Waals surface area contributed by atoms with E-state index in [1.807, 2.05) is 0 Å². The lowest BCUT2D eigenvalue weighted by Gasteiger charge is -2.24. The number of hydrogen-bond acceptors (Lipinski definition) is 6. The highest BCUT2D eigenvalue weighted by atomic mass is 16.5. The Morgan fingerprint density at radius 2 is 2.06 bits per heavy atom. The quantitative estimate of drug-likeness (QED) is 0.777. The Hall–Kier alpha value is -1.14. The monoisotopic (exact) mass is 226 g/mol. The molecule has 0 bridgehead atoms. The predicted molar refractivity (Wildman–Crippen MR) is 59.0 cm³/mol. The second kappa shape index (κ2) is 4.80. The molecule has 3 N–H and O–H groups in total. The average Bonchev–Trinajstić information content (AvgIpc) is 2.78. The second-order valence-electron chi connectivity index (χ2n) is 4.25. The standard InChI is InChI=1S/C10H18N4O2/c1-7(15)8(11)9-12-10(13-16-9)14-5-3-2-4-6-14/h7-8,15H,2-6,11H2,1H3/t7-,8+/m1/s1. The number of aromatic nitrogens is 2. The zero-order chi connectivity index (χ0) is 11.5. The minimum absolute atomic E-state index is 0.301. The molecule has 16 heavy (non-hydrogen) atoms. The average molecular weight is 226 g/mol. The van der Waals surface area contributed by atoms with E-state index in [1.165, 1.54) is 6.42 Å². The molecule has 2 heterocycles. The van der Waals surface area contributed by atoms with Gasteiger partial charge in [0.15, 0.2) is 0 Å². The molecule has 0 aromatic carbocycles. The molecule has 0 unspecified atom stereocenters. The van der Waals surface area contributed by atoms with Gasteiger partial charge in [-0.1, -0.05) is 0 Å². The molecule has 6 nitrogen and oxygen atoms in total. The van der Waals surface area contributed by atoms with Crippen molar-refractivity contribution in [3.8, 4) is 0 Å². The first-order chi connectivity index (χ1) is 7.68. The molecule has 0 spiro atoms. The third kappa shape index (κ3) is 2.33. The minimum atomic E-state index is -0.686. The Kier molecular flexibility index (Phi) is 3.40. The molecule has 1 aromatic heterocycles. The molecule has 1 aliphatic heterocycles. The number of anilines is 1. The number of aliphatic hydroxyl groups excluding tert-OH is 1. The summed E-state index contributed by atoms with van der Waals surface area (Å²) in [5.74, 6) is 0.890. The molecule has 2 rings (SSSR count). The topological polar surface area (TPSA) is 88.4 Å². The van der Waals surface area contributed by atoms with Crippen molar-refractivity contribution in [1.29, 1.82) is 0 Å². The third-order valence-corrected chi connectivity index (χ3v) is 2.87. The fraction of sp³-hybridized carbons (Fsp3) is 0.800. The lowest BCUT2D eigenvalue weighted by atomic mass is 10.1. The van der Waals surface area contributed by atoms with Crippen LogP contribution in [0, 0.1) is 0 Å². The van der Waals surface area contributed by atoms with Crippen molar-refractivity contribution in [2.45, 2.75) is 38.3 Å². The summed E-state index contributed by atoms with van der Waals surface area (Å²) in [6.07, 6.45) is 2.89. The Balaban J connectivity index is 2.06. The molecule has 2 atom stereocenters. The largest absolute Gasteiger partial charge is 0.391 e. The van der Waals surface area contributed by atoms with Crippen LogP contribution in [0.2, 0.25) is 0 Å². The van der Waals surface area contributed by atoms with Crippen molar-refractivity contribution >= 4 is 5.95 Å². The number of nitrogens with zero attached hydrogens (tertiary/aromatic N) is 3. The van der Waals surface area contributed by atoms with E-state index in [0.717, 1.165) is 25.9 Å². The maximum atomic E-state index is 9.33. The number of aliphatic hydroxyl groups is 1. The Morgan fingerprint density at radius 1 is 1.38 bits per heavy atom. The number of nitrogens with two attached hydrogens (primary N) is 1. The van der Waals surface area contributed by atoms with Crippen molar-refractivity contribution in [3.63, 3.8) is 0 Å². The summed E-state index contributed by atoms with van der Waals surface area (Å²) in [7, 11) is 0. The summed E-state index contributed by atoms with van der Waals surface area (Å²) in [4.78, 5) is 6.31. The predicted octanol–water partition coefficient (Wildman–Crippen LogP) is 0.440. The van der Waals surface area contributed by atoms with Gasteiger partial charge in [-0.15, -0.1) is 0 Å². The van der Waals surface area contributed by atoms with E-state index >= 15 is 0 Å². The molecule has 0 amide bonds. The molecule has 1 aliphatic rings. The van der Waals surface area contributed by atoms with Gasteiger partial charge in [-0.05, 0) is 31.3 Å². The summed E-state index contributed by atoms with van der Waals surface area (Å²) in [5, 5.41) is 13.2. The zero-order valence-corrected chi connectivity index (χ0v) is 9.46. The van der Waals surface area contributed by atoms with Gasteiger partial charge in [-0.2, -0.15) is 4.98 Å². The van der Waals surface area contributed by atoms with Gasteiger partial charge in [-0.3, -0.25) is 0 Å². The van der Waals surface area contributed by atoms with Crippen molar-refractivity contribution in [2.75, 3.05) is 18.0 Å². The van der Waals surface area contributed by atoms with E-state index < -0.39 is 12.1 Å². The Morgan fingerprint density at radius 3 is 2.69 bits per heavy atom. The van der Waals surface area contributed by atoms with Crippen molar-refractivity contribution < 1.29 is 9.63 Å². The normalized spacial score (nSPS) is 20.8. The highest BCUT2D eigenvalue weighted by Crippen LogP contribution is 2.19. The van der Waals surface area contributed by atoms with Crippen molar-refractivity contribution in [3.05, 3.63) is 5.89 Å². The molecular formula is C10H18N4O2. The number of piperidine rings is 1. The molecule has 0 radical (unpaired) electrons. The molecule has 0 aliphatic carbocycles. The molecule has 1 saturated heterocycles. The van der Waals surface area contributed by atoms with Crippen molar-refractivity contribution in [1.82, 2.24) is 10.1 Å². The maximum Gasteiger partial charge on any atom is 0.266 e. The van der Waals surface area contributed by atoms with E-state index in [4.69, 9.17) is 10.3 Å². The highest BCUT2D eigenvalue weighted by Gasteiger charge is 2.22. The molecule has 90 valence electrons. The first-order valence-electron chi connectivity index (χ1n) is 5.70. The van der Waals surface area contributed by atoms with Gasteiger partial charge in [0.05, 0.1) is 6.10 Å². The van der Waals surface area contributed by atoms with Gasteiger partial charge >= 0.3 is 0 Å². The third-order valence-electron chi connectivity index (χ3n) is 2.87. The zero-order valence-electron chi connectivity index (χ0n) is 9.46. The summed E-state index contributed by atoms with van der Waals surface area (Å²) in [5.41, 5.74) is 5.72. The van der Waals surface area contributed by atoms with Gasteiger partial charge < -0.3 is 20.3 Å². The van der Waals surface area contributed by atoms with Crippen LogP contribution < -0.4 is 10.6 Å². The molecule has 6 heteroatoms. The van der Waals surface area contributed by atoms with Gasteiger partial charge in [0.25, 0.3) is 5.95 Å². The van der Waals surface area contributed by atoms with Gasteiger partial charge in [0.1, 0.15) is 6.04 Å². The van der Waals surface area contributed by atoms with Crippen LogP contribution >= 0.6 is 0 Å². The highest BCUT2D eigenvalue weighted by molar-refractivity contribution is 5.28. The van der Waals surface area contributed by atoms with Crippen LogP contribution in [0.4, 0.5) is 5.95 Å². The number of rotatable bonds is 3. The van der Waals surface area contributed by atoms with Crippen LogP contribution in [-0.2, 0) is 0 Å². The van der Waals surface area contributed by atoms with Crippen LogP contribution in [0.15, 0.2) is 4.52 Å². The van der Waals surface area contributed by atoms with E-state index in [1.54, 1.807) is 6.92 Å². The van der Waals surface area contributed by atoms with E-state index in [0.29, 0.717) is 11.8 Å². The van der Waals surface area contributed by atoms with E-state index in [-0.39, 0.29) is 0 Å². The van der Waals surface area contributed by atoms with Gasteiger partial charge in [-0.25, -0.2) is 0 Å². The fourth-order valence-electron chi connectivity index (χ4n) is 1.79. The summed E-state index contributed by atoms with van der Waals surface area (Å²) in [6.45, 7) is 3.53. The first kappa shape index (κ1) is 11.3. The Bertz CT molecular complexity index is 333. The fourth-order valence-corrected chi connectivity index (χ4v) is 1.79. The summed E-state index contributed by atoms with van der Waals surface area (Å²) in [6, 6.07) is -0.606. The molecule has 1 fully saturated rings. The van der Waals surface area contributed by atoms with Crippen LogP contribution in [-0.4, -0.2) is 34.4 Å². The lowest BCUT2D eigenvalue weighted by molar-refractivity contribution is 0.146. The first-order valence-corrected chi connectivity index (χ1v) is 5.70. The van der Waals surface area contributed by atoms with E-state index in [9.17, 15) is 5.11 Å². The van der Waals surface area contributed by atoms with Crippen molar-refractivity contribution in [2.24, 2.45) is 5.73 Å². The lowest BCUT2D eigenvalue weighted by Crippen LogP contribution is -2.30. The second-order valence-corrected chi connectivity index (χ2v) is 4.25. The van der Waals surface area contributed by atoms with E-state index in [2.05, 4.69) is 15.0 Å². The van der Waals surface area contributed by atoms with Gasteiger partial charge in [0, 0.05) is 13.1 Å². The Labute approximate surface area is 94.4 Å². The number of hydrogen-bond donors (Lipinski definition) is 2. The SMILES string of the molecule is C[C@@H](O)[C@H](N)c1nc(N2CCCCC2)no1. The van der Waals surface area contributed by atoms with Crippen LogP contribution in [0.5, 0.6) is 0 Å². The van der Waals surface area contributed by atoms with Crippen LogP contribution in [0.3, 0.4) is 0 Å².